The molecule has 0 atom stereocenters. The molecule has 0 saturated carbocycles. The minimum absolute atomic E-state index is 0.0940. The quantitative estimate of drug-likeness (QED) is 0.580. The Hall–Kier alpha value is -3.43. The van der Waals surface area contributed by atoms with Crippen molar-refractivity contribution in [2.75, 3.05) is 33.3 Å². The van der Waals surface area contributed by atoms with E-state index in [-0.39, 0.29) is 23.0 Å². The highest BCUT2D eigenvalue weighted by Gasteiger charge is 2.33. The fraction of sp³-hybridized carbons (Fsp3) is 0.440. The Kier molecular flexibility index (Phi) is 6.57. The first kappa shape index (κ1) is 24.7. The molecule has 0 aliphatic carbocycles. The number of nitrogens with one attached hydrogen (secondary N) is 1. The van der Waals surface area contributed by atoms with E-state index in [1.54, 1.807) is 23.1 Å². The molecule has 4 rings (SSSR count). The van der Waals surface area contributed by atoms with Crippen LogP contribution in [0.15, 0.2) is 41.4 Å². The van der Waals surface area contributed by atoms with Crippen molar-refractivity contribution in [2.24, 2.45) is 4.99 Å². The third-order valence-corrected chi connectivity index (χ3v) is 5.73. The lowest BCUT2D eigenvalue weighted by molar-refractivity contribution is -0.137. The maximum Gasteiger partial charge on any atom is 0.416 e. The predicted octanol–water partition coefficient (Wildman–Crippen LogP) is 5.41. The number of amides is 2. The molecular formula is C25H29F3N4O3. The second kappa shape index (κ2) is 9.31. The van der Waals surface area contributed by atoms with Crippen LogP contribution in [0.4, 0.5) is 23.7 Å². The standard InChI is InChI=1S/C25H29F3N4O3/c1-24(2,3)30-23(33)32-11-5-10-31(12-13-32)22-18-8-7-17(34-4)15-21(18)35-20-9-6-16(25(26,27)28)14-19(20)29-22/h6-9,14-15H,5,10-13H2,1-4H3,(H,30,33). The molecule has 0 aromatic heterocycles. The number of aliphatic imine (C=N–C) groups is 1. The zero-order valence-electron chi connectivity index (χ0n) is 20.2. The number of rotatable bonds is 1. The highest BCUT2D eigenvalue weighted by atomic mass is 19.4. The number of amidine groups is 1. The third kappa shape index (κ3) is 5.63. The van der Waals surface area contributed by atoms with Crippen LogP contribution in [-0.2, 0) is 6.18 Å². The van der Waals surface area contributed by atoms with E-state index in [0.29, 0.717) is 55.5 Å². The highest BCUT2D eigenvalue weighted by Crippen LogP contribution is 2.42. The lowest BCUT2D eigenvalue weighted by Gasteiger charge is -2.28. The number of fused-ring (bicyclic) bond motifs is 2. The molecule has 2 amide bonds. The molecule has 0 spiro atoms. The van der Waals surface area contributed by atoms with E-state index in [9.17, 15) is 18.0 Å². The SMILES string of the molecule is COc1ccc2c(c1)Oc1ccc(C(F)(F)F)cc1N=C2N1CCCN(C(=O)NC(C)(C)C)CC1. The number of carbonyl (C=O) groups excluding carboxylic acids is 1. The van der Waals surface area contributed by atoms with Crippen molar-refractivity contribution in [3.8, 4) is 17.2 Å². The summed E-state index contributed by atoms with van der Waals surface area (Å²) in [6.07, 6.45) is -3.82. The third-order valence-electron chi connectivity index (χ3n) is 5.73. The van der Waals surface area contributed by atoms with Gasteiger partial charge in [-0.15, -0.1) is 0 Å². The zero-order valence-corrected chi connectivity index (χ0v) is 20.2. The summed E-state index contributed by atoms with van der Waals surface area (Å²) >= 11 is 0. The first-order valence-electron chi connectivity index (χ1n) is 11.4. The average molecular weight is 491 g/mol. The summed E-state index contributed by atoms with van der Waals surface area (Å²) in [5.74, 6) is 1.72. The normalized spacial score (nSPS) is 16.3. The van der Waals surface area contributed by atoms with Crippen LogP contribution in [0, 0.1) is 0 Å². The number of carbonyl (C=O) groups is 1. The van der Waals surface area contributed by atoms with Gasteiger partial charge in [-0.1, -0.05) is 0 Å². The van der Waals surface area contributed by atoms with Gasteiger partial charge in [0.05, 0.1) is 18.2 Å². The molecule has 1 N–H and O–H groups in total. The van der Waals surface area contributed by atoms with Gasteiger partial charge in [0, 0.05) is 37.8 Å². The van der Waals surface area contributed by atoms with Gasteiger partial charge in [-0.25, -0.2) is 9.79 Å². The van der Waals surface area contributed by atoms with Crippen LogP contribution >= 0.6 is 0 Å². The molecule has 2 heterocycles. The predicted molar refractivity (Wildman–Crippen MR) is 127 cm³/mol. The van der Waals surface area contributed by atoms with Gasteiger partial charge in [-0.3, -0.25) is 0 Å². The van der Waals surface area contributed by atoms with Gasteiger partial charge < -0.3 is 24.6 Å². The molecule has 1 fully saturated rings. The van der Waals surface area contributed by atoms with Crippen LogP contribution < -0.4 is 14.8 Å². The van der Waals surface area contributed by atoms with Crippen molar-refractivity contribution in [2.45, 2.75) is 38.9 Å². The van der Waals surface area contributed by atoms with Crippen LogP contribution in [0.5, 0.6) is 17.2 Å². The fourth-order valence-corrected chi connectivity index (χ4v) is 4.03. The summed E-state index contributed by atoms with van der Waals surface area (Å²) in [5.41, 5.74) is -0.420. The van der Waals surface area contributed by atoms with Crippen LogP contribution in [-0.4, -0.2) is 60.5 Å². The van der Waals surface area contributed by atoms with Gasteiger partial charge >= 0.3 is 12.2 Å². The molecule has 188 valence electrons. The van der Waals surface area contributed by atoms with E-state index in [4.69, 9.17) is 9.47 Å². The molecule has 2 aliphatic rings. The smallest absolute Gasteiger partial charge is 0.416 e. The van der Waals surface area contributed by atoms with E-state index >= 15 is 0 Å². The Morgan fingerprint density at radius 2 is 1.80 bits per heavy atom. The zero-order chi connectivity index (χ0) is 25.4. The summed E-state index contributed by atoms with van der Waals surface area (Å²) in [6.45, 7) is 7.83. The molecule has 0 bridgehead atoms. The van der Waals surface area contributed by atoms with Crippen molar-refractivity contribution in [3.63, 3.8) is 0 Å². The van der Waals surface area contributed by atoms with Crippen molar-refractivity contribution in [1.82, 2.24) is 15.1 Å². The Morgan fingerprint density at radius 1 is 1.03 bits per heavy atom. The number of halogens is 3. The number of methoxy groups -OCH3 is 1. The molecule has 0 radical (unpaired) electrons. The minimum atomic E-state index is -4.50. The van der Waals surface area contributed by atoms with E-state index in [1.807, 2.05) is 25.7 Å². The average Bonchev–Trinajstić information content (AvgIpc) is 3.11. The number of urea groups is 1. The molecule has 7 nitrogen and oxygen atoms in total. The van der Waals surface area contributed by atoms with E-state index < -0.39 is 11.7 Å². The second-order valence-electron chi connectivity index (χ2n) is 9.59. The Morgan fingerprint density at radius 3 is 2.49 bits per heavy atom. The summed E-state index contributed by atoms with van der Waals surface area (Å²) in [5, 5.41) is 2.98. The van der Waals surface area contributed by atoms with Crippen LogP contribution in [0.1, 0.15) is 38.3 Å². The largest absolute Gasteiger partial charge is 0.497 e. The summed E-state index contributed by atoms with van der Waals surface area (Å²) in [6, 6.07) is 8.37. The Labute approximate surface area is 202 Å². The lowest BCUT2D eigenvalue weighted by atomic mass is 10.1. The molecule has 2 aliphatic heterocycles. The maximum atomic E-state index is 13.4. The molecule has 10 heteroatoms. The van der Waals surface area contributed by atoms with Crippen LogP contribution in [0.3, 0.4) is 0 Å². The van der Waals surface area contributed by atoms with Crippen LogP contribution in [0.2, 0.25) is 0 Å². The van der Waals surface area contributed by atoms with Gasteiger partial charge in [-0.2, -0.15) is 13.2 Å². The minimum Gasteiger partial charge on any atom is -0.497 e. The second-order valence-corrected chi connectivity index (χ2v) is 9.59. The first-order valence-corrected chi connectivity index (χ1v) is 11.4. The maximum absolute atomic E-state index is 13.4. The topological polar surface area (TPSA) is 66.4 Å². The van der Waals surface area contributed by atoms with E-state index in [0.717, 1.165) is 12.1 Å². The lowest BCUT2D eigenvalue weighted by Crippen LogP contribution is -2.49. The number of nitrogens with zero attached hydrogens (tertiary/aromatic N) is 3. The van der Waals surface area contributed by atoms with E-state index in [1.165, 1.54) is 13.2 Å². The van der Waals surface area contributed by atoms with Gasteiger partial charge in [0.2, 0.25) is 0 Å². The van der Waals surface area contributed by atoms with Gasteiger partial charge in [0.25, 0.3) is 0 Å². The summed E-state index contributed by atoms with van der Waals surface area (Å²) < 4.78 is 51.5. The summed E-state index contributed by atoms with van der Waals surface area (Å²) in [4.78, 5) is 21.1. The molecule has 0 unspecified atom stereocenters. The number of alkyl halides is 3. The van der Waals surface area contributed by atoms with Crippen molar-refractivity contribution in [1.29, 1.82) is 0 Å². The van der Waals surface area contributed by atoms with Gasteiger partial charge in [0.1, 0.15) is 23.0 Å². The number of hydrogen-bond acceptors (Lipinski definition) is 5. The molecule has 2 aromatic carbocycles. The molecule has 1 saturated heterocycles. The highest BCUT2D eigenvalue weighted by molar-refractivity contribution is 6.04. The number of benzene rings is 2. The number of hydrogen-bond donors (Lipinski definition) is 1. The van der Waals surface area contributed by atoms with E-state index in [2.05, 4.69) is 10.3 Å². The Balaban J connectivity index is 1.70. The van der Waals surface area contributed by atoms with Crippen molar-refractivity contribution in [3.05, 3.63) is 47.5 Å². The van der Waals surface area contributed by atoms with Gasteiger partial charge in [0.15, 0.2) is 5.75 Å². The van der Waals surface area contributed by atoms with Crippen LogP contribution in [0.25, 0.3) is 0 Å². The molecule has 35 heavy (non-hydrogen) atoms. The van der Waals surface area contributed by atoms with Gasteiger partial charge in [-0.05, 0) is 57.5 Å². The molecule has 2 aromatic rings. The number of ether oxygens (including phenoxy) is 2. The molecular weight excluding hydrogens is 461 g/mol. The Bertz CT molecular complexity index is 1140. The summed E-state index contributed by atoms with van der Waals surface area (Å²) in [7, 11) is 1.53. The fourth-order valence-electron chi connectivity index (χ4n) is 4.03. The van der Waals surface area contributed by atoms with Crippen molar-refractivity contribution < 1.29 is 27.4 Å². The van der Waals surface area contributed by atoms with Crippen molar-refractivity contribution >= 4 is 17.6 Å². The first-order chi connectivity index (χ1) is 16.4. The monoisotopic (exact) mass is 490 g/mol.